The van der Waals surface area contributed by atoms with Crippen molar-refractivity contribution in [3.05, 3.63) is 64.8 Å². The normalized spacial score (nSPS) is 10.8. The first-order valence-corrected chi connectivity index (χ1v) is 7.30. The first kappa shape index (κ1) is 13.0. The summed E-state index contributed by atoms with van der Waals surface area (Å²) in [5, 5.41) is 2.86. The average Bonchev–Trinajstić information content (AvgIpc) is 2.92. The zero-order chi connectivity index (χ0) is 14.1. The molecule has 20 heavy (non-hydrogen) atoms. The van der Waals surface area contributed by atoms with Crippen molar-refractivity contribution in [3.8, 4) is 21.8 Å². The van der Waals surface area contributed by atoms with Crippen LogP contribution in [0.2, 0.25) is 0 Å². The van der Waals surface area contributed by atoms with Gasteiger partial charge < -0.3 is 0 Å². The van der Waals surface area contributed by atoms with Crippen LogP contribution in [0.1, 0.15) is 11.1 Å². The third-order valence-electron chi connectivity index (χ3n) is 3.27. The van der Waals surface area contributed by atoms with Crippen LogP contribution in [0, 0.1) is 19.7 Å². The molecule has 0 atom stereocenters. The van der Waals surface area contributed by atoms with E-state index < -0.39 is 0 Å². The van der Waals surface area contributed by atoms with Gasteiger partial charge in [0.25, 0.3) is 0 Å². The summed E-state index contributed by atoms with van der Waals surface area (Å²) in [5.41, 5.74) is 4.74. The SMILES string of the molecule is Cc1ccc(-c2csc(-c3ccc(C)c(F)c3)n2)cc1. The fourth-order valence-corrected chi connectivity index (χ4v) is 2.82. The molecule has 0 N–H and O–H groups in total. The van der Waals surface area contributed by atoms with Crippen molar-refractivity contribution < 1.29 is 4.39 Å². The topological polar surface area (TPSA) is 12.9 Å². The number of hydrogen-bond donors (Lipinski definition) is 0. The Morgan fingerprint density at radius 1 is 0.950 bits per heavy atom. The van der Waals surface area contributed by atoms with Crippen molar-refractivity contribution in [3.63, 3.8) is 0 Å². The lowest BCUT2D eigenvalue weighted by molar-refractivity contribution is 0.619. The zero-order valence-electron chi connectivity index (χ0n) is 11.4. The van der Waals surface area contributed by atoms with Gasteiger partial charge in [-0.3, -0.25) is 0 Å². The highest BCUT2D eigenvalue weighted by molar-refractivity contribution is 7.13. The molecule has 1 heterocycles. The Morgan fingerprint density at radius 2 is 1.65 bits per heavy atom. The lowest BCUT2D eigenvalue weighted by Gasteiger charge is -2.00. The maximum Gasteiger partial charge on any atom is 0.126 e. The number of benzene rings is 2. The van der Waals surface area contributed by atoms with Crippen molar-refractivity contribution in [2.75, 3.05) is 0 Å². The highest BCUT2D eigenvalue weighted by Crippen LogP contribution is 2.29. The Labute approximate surface area is 121 Å². The van der Waals surface area contributed by atoms with Gasteiger partial charge in [0.15, 0.2) is 0 Å². The molecular weight excluding hydrogens is 269 g/mol. The third kappa shape index (κ3) is 2.49. The average molecular weight is 283 g/mol. The van der Waals surface area contributed by atoms with Crippen LogP contribution in [0.25, 0.3) is 21.8 Å². The molecule has 0 aliphatic carbocycles. The van der Waals surface area contributed by atoms with Crippen molar-refractivity contribution in [1.29, 1.82) is 0 Å². The molecular formula is C17H14FNS. The molecule has 1 nitrogen and oxygen atoms in total. The Bertz CT molecular complexity index is 744. The van der Waals surface area contributed by atoms with E-state index in [9.17, 15) is 4.39 Å². The smallest absolute Gasteiger partial charge is 0.126 e. The zero-order valence-corrected chi connectivity index (χ0v) is 12.2. The lowest BCUT2D eigenvalue weighted by Crippen LogP contribution is -1.84. The molecule has 0 saturated heterocycles. The molecule has 3 heteroatoms. The van der Waals surface area contributed by atoms with Crippen LogP contribution in [0.3, 0.4) is 0 Å². The number of halogens is 1. The van der Waals surface area contributed by atoms with E-state index in [-0.39, 0.29) is 5.82 Å². The molecule has 0 aliphatic rings. The maximum atomic E-state index is 13.6. The molecule has 0 amide bonds. The van der Waals surface area contributed by atoms with Gasteiger partial charge in [0.05, 0.1) is 5.69 Å². The Kier molecular flexibility index (Phi) is 3.36. The van der Waals surface area contributed by atoms with Gasteiger partial charge in [-0.05, 0) is 25.5 Å². The van der Waals surface area contributed by atoms with Gasteiger partial charge in [-0.15, -0.1) is 11.3 Å². The molecule has 2 aromatic carbocycles. The third-order valence-corrected chi connectivity index (χ3v) is 4.16. The molecule has 0 fully saturated rings. The number of hydrogen-bond acceptors (Lipinski definition) is 2. The molecule has 1 aromatic heterocycles. The molecule has 3 rings (SSSR count). The molecule has 0 saturated carbocycles. The number of thiazole rings is 1. The Balaban J connectivity index is 1.97. The van der Waals surface area contributed by atoms with Gasteiger partial charge in [0.1, 0.15) is 10.8 Å². The first-order chi connectivity index (χ1) is 9.63. The van der Waals surface area contributed by atoms with Gasteiger partial charge in [-0.2, -0.15) is 0 Å². The first-order valence-electron chi connectivity index (χ1n) is 6.42. The minimum absolute atomic E-state index is 0.186. The van der Waals surface area contributed by atoms with Crippen molar-refractivity contribution in [2.24, 2.45) is 0 Å². The van der Waals surface area contributed by atoms with Crippen LogP contribution in [-0.4, -0.2) is 4.98 Å². The summed E-state index contributed by atoms with van der Waals surface area (Å²) in [6.45, 7) is 3.82. The second-order valence-electron chi connectivity index (χ2n) is 4.87. The highest BCUT2D eigenvalue weighted by atomic mass is 32.1. The van der Waals surface area contributed by atoms with E-state index in [4.69, 9.17) is 0 Å². The second kappa shape index (κ2) is 5.17. The van der Waals surface area contributed by atoms with E-state index in [0.29, 0.717) is 5.56 Å². The van der Waals surface area contributed by atoms with E-state index in [1.807, 2.05) is 11.4 Å². The summed E-state index contributed by atoms with van der Waals surface area (Å²) in [4.78, 5) is 4.60. The molecule has 0 bridgehead atoms. The lowest BCUT2D eigenvalue weighted by atomic mass is 10.1. The molecule has 3 aromatic rings. The van der Waals surface area contributed by atoms with Crippen LogP contribution in [0.4, 0.5) is 4.39 Å². The molecule has 0 radical (unpaired) electrons. The summed E-state index contributed by atoms with van der Waals surface area (Å²) in [7, 11) is 0. The summed E-state index contributed by atoms with van der Waals surface area (Å²) in [6.07, 6.45) is 0. The quantitative estimate of drug-likeness (QED) is 0.627. The van der Waals surface area contributed by atoms with Crippen molar-refractivity contribution in [1.82, 2.24) is 4.98 Å². The van der Waals surface area contributed by atoms with Gasteiger partial charge in [-0.1, -0.05) is 42.0 Å². The number of rotatable bonds is 2. The predicted molar refractivity (Wildman–Crippen MR) is 82.4 cm³/mol. The second-order valence-corrected chi connectivity index (χ2v) is 5.73. The largest absolute Gasteiger partial charge is 0.236 e. The van der Waals surface area contributed by atoms with Crippen LogP contribution >= 0.6 is 11.3 Å². The monoisotopic (exact) mass is 283 g/mol. The number of aromatic nitrogens is 1. The summed E-state index contributed by atoms with van der Waals surface area (Å²) in [6, 6.07) is 13.5. The van der Waals surface area contributed by atoms with Gasteiger partial charge in [0, 0.05) is 16.5 Å². The van der Waals surface area contributed by atoms with E-state index in [2.05, 4.69) is 36.2 Å². The van der Waals surface area contributed by atoms with Crippen molar-refractivity contribution >= 4 is 11.3 Å². The fourth-order valence-electron chi connectivity index (χ4n) is 1.99. The molecule has 0 aliphatic heterocycles. The van der Waals surface area contributed by atoms with Gasteiger partial charge in [0.2, 0.25) is 0 Å². The molecule has 0 spiro atoms. The minimum Gasteiger partial charge on any atom is -0.236 e. The van der Waals surface area contributed by atoms with Gasteiger partial charge in [-0.25, -0.2) is 9.37 Å². The van der Waals surface area contributed by atoms with E-state index in [0.717, 1.165) is 21.8 Å². The van der Waals surface area contributed by atoms with E-state index >= 15 is 0 Å². The fraction of sp³-hybridized carbons (Fsp3) is 0.118. The summed E-state index contributed by atoms with van der Waals surface area (Å²) >= 11 is 1.54. The van der Waals surface area contributed by atoms with Gasteiger partial charge >= 0.3 is 0 Å². The van der Waals surface area contributed by atoms with Crippen molar-refractivity contribution in [2.45, 2.75) is 13.8 Å². The number of aryl methyl sites for hydroxylation is 2. The summed E-state index contributed by atoms with van der Waals surface area (Å²) < 4.78 is 13.6. The highest BCUT2D eigenvalue weighted by Gasteiger charge is 2.08. The predicted octanol–water partition coefficient (Wildman–Crippen LogP) is 5.23. The van der Waals surface area contributed by atoms with E-state index in [1.54, 1.807) is 19.1 Å². The number of nitrogens with zero attached hydrogens (tertiary/aromatic N) is 1. The maximum absolute atomic E-state index is 13.6. The summed E-state index contributed by atoms with van der Waals surface area (Å²) in [5.74, 6) is -0.186. The molecule has 100 valence electrons. The van der Waals surface area contributed by atoms with Crippen LogP contribution < -0.4 is 0 Å². The Hall–Kier alpha value is -2.00. The standard InChI is InChI=1S/C17H14FNS/c1-11-3-6-13(7-4-11)16-10-20-17(19-16)14-8-5-12(2)15(18)9-14/h3-10H,1-2H3. The Morgan fingerprint density at radius 3 is 2.35 bits per heavy atom. The minimum atomic E-state index is -0.186. The van der Waals surface area contributed by atoms with Crippen LogP contribution in [-0.2, 0) is 0 Å². The van der Waals surface area contributed by atoms with Crippen LogP contribution in [0.5, 0.6) is 0 Å². The van der Waals surface area contributed by atoms with E-state index in [1.165, 1.54) is 16.9 Å². The molecule has 0 unspecified atom stereocenters. The van der Waals surface area contributed by atoms with Crippen LogP contribution in [0.15, 0.2) is 47.8 Å².